The number of aromatic nitrogens is 2. The zero-order valence-electron chi connectivity index (χ0n) is 15.9. The Bertz CT molecular complexity index is 841. The lowest BCUT2D eigenvalue weighted by Crippen LogP contribution is -2.34. The molecule has 2 aliphatic rings. The Morgan fingerprint density at radius 1 is 1.36 bits per heavy atom. The minimum atomic E-state index is -0.721. The molecular formula is C19H25ClN4O3S. The smallest absolute Gasteiger partial charge is 0.303 e. The molecule has 2 atom stereocenters. The summed E-state index contributed by atoms with van der Waals surface area (Å²) in [7, 11) is 0. The van der Waals surface area contributed by atoms with Crippen LogP contribution >= 0.6 is 22.9 Å². The standard InChI is InChI=1S/C19H25ClN4O3S/c1-2-17-21-16(22-27-17)10-24-8-13-7-23(9-14-3-4-15(20)28-14)11-19(13,12-24)6-5-18(25)26/h3-4,13H,2,5-12H2,1H3,(H,25,26). The number of nitrogens with zero attached hydrogens (tertiary/aromatic N) is 4. The molecule has 1 N–H and O–H groups in total. The van der Waals surface area contributed by atoms with E-state index < -0.39 is 5.97 Å². The zero-order chi connectivity index (χ0) is 19.7. The molecule has 2 fully saturated rings. The second-order valence-electron chi connectivity index (χ2n) is 7.96. The van der Waals surface area contributed by atoms with Crippen molar-refractivity contribution in [3.8, 4) is 0 Å². The molecule has 0 amide bonds. The van der Waals surface area contributed by atoms with Crippen LogP contribution in [-0.2, 0) is 24.3 Å². The molecular weight excluding hydrogens is 400 g/mol. The van der Waals surface area contributed by atoms with Crippen molar-refractivity contribution in [3.63, 3.8) is 0 Å². The highest BCUT2D eigenvalue weighted by molar-refractivity contribution is 7.16. The fourth-order valence-electron chi connectivity index (χ4n) is 4.71. The lowest BCUT2D eigenvalue weighted by molar-refractivity contribution is -0.137. The lowest BCUT2D eigenvalue weighted by atomic mass is 9.77. The van der Waals surface area contributed by atoms with E-state index in [0.29, 0.717) is 24.8 Å². The van der Waals surface area contributed by atoms with E-state index in [4.69, 9.17) is 16.1 Å². The van der Waals surface area contributed by atoms with Gasteiger partial charge < -0.3 is 9.63 Å². The second-order valence-corrected chi connectivity index (χ2v) is 9.76. The molecule has 2 unspecified atom stereocenters. The summed E-state index contributed by atoms with van der Waals surface area (Å²) in [6.07, 6.45) is 1.66. The number of aliphatic carboxylic acids is 1. The van der Waals surface area contributed by atoms with Crippen LogP contribution in [0.25, 0.3) is 0 Å². The van der Waals surface area contributed by atoms with Gasteiger partial charge in [-0.05, 0) is 24.5 Å². The third-order valence-electron chi connectivity index (χ3n) is 5.92. The number of carboxylic acids is 1. The number of halogens is 1. The average molecular weight is 425 g/mol. The van der Waals surface area contributed by atoms with Crippen molar-refractivity contribution in [2.75, 3.05) is 26.2 Å². The van der Waals surface area contributed by atoms with E-state index in [1.165, 1.54) is 4.88 Å². The van der Waals surface area contributed by atoms with Crippen molar-refractivity contribution < 1.29 is 14.4 Å². The van der Waals surface area contributed by atoms with Gasteiger partial charge in [0.05, 0.1) is 10.9 Å². The van der Waals surface area contributed by atoms with E-state index in [-0.39, 0.29) is 11.8 Å². The molecule has 0 aromatic carbocycles. The molecule has 0 saturated carbocycles. The number of hydrogen-bond acceptors (Lipinski definition) is 7. The molecule has 0 radical (unpaired) electrons. The maximum atomic E-state index is 11.3. The Kier molecular flexibility index (Phi) is 5.73. The highest BCUT2D eigenvalue weighted by Gasteiger charge is 2.52. The average Bonchev–Trinajstić information content (AvgIpc) is 3.38. The number of aryl methyl sites for hydroxylation is 1. The highest BCUT2D eigenvalue weighted by Crippen LogP contribution is 2.46. The first-order valence-corrected chi connectivity index (χ1v) is 10.9. The molecule has 2 aliphatic heterocycles. The van der Waals surface area contributed by atoms with Crippen LogP contribution < -0.4 is 0 Å². The van der Waals surface area contributed by atoms with Gasteiger partial charge in [0, 0.05) is 55.9 Å². The lowest BCUT2D eigenvalue weighted by Gasteiger charge is -2.29. The summed E-state index contributed by atoms with van der Waals surface area (Å²) in [6.45, 7) is 7.26. The molecule has 2 aromatic heterocycles. The normalized spacial score (nSPS) is 25.4. The maximum absolute atomic E-state index is 11.3. The van der Waals surface area contributed by atoms with Crippen molar-refractivity contribution in [1.82, 2.24) is 19.9 Å². The van der Waals surface area contributed by atoms with Crippen molar-refractivity contribution in [1.29, 1.82) is 0 Å². The Morgan fingerprint density at radius 2 is 2.11 bits per heavy atom. The molecule has 0 aliphatic carbocycles. The Balaban J connectivity index is 1.43. The van der Waals surface area contributed by atoms with Crippen LogP contribution in [0.2, 0.25) is 4.34 Å². The van der Waals surface area contributed by atoms with Crippen molar-refractivity contribution in [3.05, 3.63) is 33.1 Å². The van der Waals surface area contributed by atoms with E-state index >= 15 is 0 Å². The molecule has 9 heteroatoms. The molecule has 2 aromatic rings. The third-order valence-corrected chi connectivity index (χ3v) is 7.14. The minimum Gasteiger partial charge on any atom is -0.481 e. The molecule has 7 nitrogen and oxygen atoms in total. The second kappa shape index (κ2) is 8.10. The largest absolute Gasteiger partial charge is 0.481 e. The summed E-state index contributed by atoms with van der Waals surface area (Å²) < 4.78 is 6.04. The molecule has 152 valence electrons. The Hall–Kier alpha value is -1.48. The van der Waals surface area contributed by atoms with E-state index in [0.717, 1.165) is 49.3 Å². The topological polar surface area (TPSA) is 82.7 Å². The van der Waals surface area contributed by atoms with Gasteiger partial charge in [-0.3, -0.25) is 14.6 Å². The fraction of sp³-hybridized carbons (Fsp3) is 0.632. The third kappa shape index (κ3) is 4.25. The van der Waals surface area contributed by atoms with Gasteiger partial charge in [0.1, 0.15) is 0 Å². The van der Waals surface area contributed by atoms with Crippen LogP contribution in [0.15, 0.2) is 16.7 Å². The van der Waals surface area contributed by atoms with E-state index in [1.807, 2.05) is 13.0 Å². The van der Waals surface area contributed by atoms with Crippen molar-refractivity contribution in [2.45, 2.75) is 39.3 Å². The van der Waals surface area contributed by atoms with Gasteiger partial charge in [0.15, 0.2) is 5.82 Å². The number of thiophene rings is 1. The first-order valence-electron chi connectivity index (χ1n) is 9.68. The van der Waals surface area contributed by atoms with Gasteiger partial charge >= 0.3 is 5.97 Å². The van der Waals surface area contributed by atoms with Gasteiger partial charge in [-0.25, -0.2) is 0 Å². The maximum Gasteiger partial charge on any atom is 0.303 e. The summed E-state index contributed by atoms with van der Waals surface area (Å²) in [4.78, 5) is 21.7. The van der Waals surface area contributed by atoms with Crippen LogP contribution in [0.1, 0.15) is 36.4 Å². The molecule has 4 heterocycles. The van der Waals surface area contributed by atoms with Gasteiger partial charge in [-0.1, -0.05) is 23.7 Å². The molecule has 4 rings (SSSR count). The summed E-state index contributed by atoms with van der Waals surface area (Å²) in [6, 6.07) is 4.02. The summed E-state index contributed by atoms with van der Waals surface area (Å²) in [5.74, 6) is 1.12. The number of carboxylic acid groups (broad SMARTS) is 1. The molecule has 28 heavy (non-hydrogen) atoms. The summed E-state index contributed by atoms with van der Waals surface area (Å²) >= 11 is 7.69. The first kappa shape index (κ1) is 19.8. The van der Waals surface area contributed by atoms with Crippen LogP contribution in [-0.4, -0.2) is 57.2 Å². The van der Waals surface area contributed by atoms with Gasteiger partial charge in [0.25, 0.3) is 0 Å². The van der Waals surface area contributed by atoms with Gasteiger partial charge in [-0.2, -0.15) is 4.98 Å². The van der Waals surface area contributed by atoms with Gasteiger partial charge in [0.2, 0.25) is 5.89 Å². The monoisotopic (exact) mass is 424 g/mol. The van der Waals surface area contributed by atoms with Crippen LogP contribution in [0.3, 0.4) is 0 Å². The van der Waals surface area contributed by atoms with Crippen LogP contribution in [0.5, 0.6) is 0 Å². The fourth-order valence-corrected chi connectivity index (χ4v) is 5.84. The van der Waals surface area contributed by atoms with Crippen molar-refractivity contribution >= 4 is 28.9 Å². The van der Waals surface area contributed by atoms with Gasteiger partial charge in [-0.15, -0.1) is 11.3 Å². The predicted octanol–water partition coefficient (Wildman–Crippen LogP) is 3.15. The number of carbonyl (C=O) groups is 1. The van der Waals surface area contributed by atoms with Crippen LogP contribution in [0.4, 0.5) is 0 Å². The zero-order valence-corrected chi connectivity index (χ0v) is 17.5. The molecule has 0 spiro atoms. The van der Waals surface area contributed by atoms with Crippen molar-refractivity contribution in [2.24, 2.45) is 11.3 Å². The number of likely N-dealkylation sites (tertiary alicyclic amines) is 2. The summed E-state index contributed by atoms with van der Waals surface area (Å²) in [5, 5.41) is 13.3. The molecule has 2 saturated heterocycles. The minimum absolute atomic E-state index is 0.0107. The van der Waals surface area contributed by atoms with E-state index in [2.05, 4.69) is 26.0 Å². The summed E-state index contributed by atoms with van der Waals surface area (Å²) in [5.41, 5.74) is 0.0107. The van der Waals surface area contributed by atoms with Crippen LogP contribution in [0, 0.1) is 11.3 Å². The highest BCUT2D eigenvalue weighted by atomic mass is 35.5. The Morgan fingerprint density at radius 3 is 2.71 bits per heavy atom. The SMILES string of the molecule is CCc1nc(CN2CC3CN(Cc4ccc(Cl)s4)CC3(CCC(=O)O)C2)no1. The molecule has 0 bridgehead atoms. The van der Waals surface area contributed by atoms with E-state index in [9.17, 15) is 9.90 Å². The number of hydrogen-bond donors (Lipinski definition) is 1. The van der Waals surface area contributed by atoms with E-state index in [1.54, 1.807) is 11.3 Å². The number of fused-ring (bicyclic) bond motifs is 1. The Labute approximate surface area is 173 Å². The first-order chi connectivity index (χ1) is 13.5. The quantitative estimate of drug-likeness (QED) is 0.696. The number of rotatable bonds is 8. The predicted molar refractivity (Wildman–Crippen MR) is 106 cm³/mol.